The summed E-state index contributed by atoms with van der Waals surface area (Å²) in [6, 6.07) is 6.49. The van der Waals surface area contributed by atoms with E-state index in [0.717, 1.165) is 12.8 Å². The second kappa shape index (κ2) is 8.67. The Kier molecular flexibility index (Phi) is 6.33. The number of hydrazine groups is 1. The predicted octanol–water partition coefficient (Wildman–Crippen LogP) is -0.759. The zero-order valence-electron chi connectivity index (χ0n) is 13.8. The van der Waals surface area contributed by atoms with Crippen molar-refractivity contribution in [3.63, 3.8) is 0 Å². The van der Waals surface area contributed by atoms with Crippen molar-refractivity contribution in [2.75, 3.05) is 13.2 Å². The molecule has 0 aliphatic heterocycles. The summed E-state index contributed by atoms with van der Waals surface area (Å²) >= 11 is 0. The third kappa shape index (κ3) is 6.13. The number of hydrogen-bond donors (Lipinski definition) is 4. The van der Waals surface area contributed by atoms with Crippen molar-refractivity contribution in [2.45, 2.75) is 25.8 Å². The SMILES string of the molecule is CCOc1ccc(C(=O)NCC(=O)NNC(=O)C(=O)NC2CC2)cc1. The van der Waals surface area contributed by atoms with E-state index in [2.05, 4.69) is 16.1 Å². The van der Waals surface area contributed by atoms with Gasteiger partial charge in [0.25, 0.3) is 11.8 Å². The van der Waals surface area contributed by atoms with Crippen LogP contribution in [0.4, 0.5) is 0 Å². The third-order valence-corrected chi connectivity index (χ3v) is 3.27. The average molecular weight is 348 g/mol. The van der Waals surface area contributed by atoms with E-state index < -0.39 is 23.6 Å². The molecule has 0 atom stereocenters. The van der Waals surface area contributed by atoms with E-state index in [1.807, 2.05) is 12.3 Å². The summed E-state index contributed by atoms with van der Waals surface area (Å²) in [7, 11) is 0. The summed E-state index contributed by atoms with van der Waals surface area (Å²) < 4.78 is 5.27. The molecule has 4 amide bonds. The molecule has 1 aromatic carbocycles. The van der Waals surface area contributed by atoms with Crippen LogP contribution in [-0.4, -0.2) is 42.8 Å². The van der Waals surface area contributed by atoms with Crippen LogP contribution in [-0.2, 0) is 14.4 Å². The molecule has 1 aliphatic rings. The predicted molar refractivity (Wildman–Crippen MR) is 87.4 cm³/mol. The van der Waals surface area contributed by atoms with Crippen LogP contribution < -0.4 is 26.2 Å². The van der Waals surface area contributed by atoms with Crippen molar-refractivity contribution >= 4 is 23.6 Å². The highest BCUT2D eigenvalue weighted by Gasteiger charge is 2.26. The van der Waals surface area contributed by atoms with Crippen LogP contribution in [0.2, 0.25) is 0 Å². The van der Waals surface area contributed by atoms with Crippen molar-refractivity contribution < 1.29 is 23.9 Å². The average Bonchev–Trinajstić information content (AvgIpc) is 3.42. The van der Waals surface area contributed by atoms with Gasteiger partial charge in [0.2, 0.25) is 0 Å². The summed E-state index contributed by atoms with van der Waals surface area (Å²) in [6.07, 6.45) is 1.70. The van der Waals surface area contributed by atoms with Crippen LogP contribution in [0.25, 0.3) is 0 Å². The van der Waals surface area contributed by atoms with Gasteiger partial charge in [0, 0.05) is 11.6 Å². The number of ether oxygens (including phenoxy) is 1. The number of carbonyl (C=O) groups excluding carboxylic acids is 4. The molecule has 9 nitrogen and oxygen atoms in total. The van der Waals surface area contributed by atoms with Crippen molar-refractivity contribution in [1.82, 2.24) is 21.5 Å². The molecule has 1 aliphatic carbocycles. The number of rotatable bonds is 6. The Morgan fingerprint density at radius 3 is 2.32 bits per heavy atom. The molecular formula is C16H20N4O5. The first kappa shape index (κ1) is 18.2. The van der Waals surface area contributed by atoms with Crippen LogP contribution in [0.5, 0.6) is 5.75 Å². The maximum absolute atomic E-state index is 11.9. The van der Waals surface area contributed by atoms with Gasteiger partial charge in [0.05, 0.1) is 13.2 Å². The second-order valence-corrected chi connectivity index (χ2v) is 5.39. The lowest BCUT2D eigenvalue weighted by Gasteiger charge is -2.09. The van der Waals surface area contributed by atoms with E-state index in [9.17, 15) is 19.2 Å². The topological polar surface area (TPSA) is 126 Å². The smallest absolute Gasteiger partial charge is 0.327 e. The fourth-order valence-corrected chi connectivity index (χ4v) is 1.84. The second-order valence-electron chi connectivity index (χ2n) is 5.39. The molecule has 1 fully saturated rings. The van der Waals surface area contributed by atoms with Gasteiger partial charge in [-0.05, 0) is 44.0 Å². The number of nitrogens with one attached hydrogen (secondary N) is 4. The maximum Gasteiger partial charge on any atom is 0.327 e. The first-order valence-electron chi connectivity index (χ1n) is 7.90. The molecule has 0 bridgehead atoms. The molecule has 25 heavy (non-hydrogen) atoms. The van der Waals surface area contributed by atoms with Crippen molar-refractivity contribution in [2.24, 2.45) is 0 Å². The van der Waals surface area contributed by atoms with Gasteiger partial charge < -0.3 is 15.4 Å². The minimum atomic E-state index is -0.960. The van der Waals surface area contributed by atoms with Gasteiger partial charge in [-0.3, -0.25) is 30.0 Å². The van der Waals surface area contributed by atoms with E-state index in [1.54, 1.807) is 24.3 Å². The lowest BCUT2D eigenvalue weighted by Crippen LogP contribution is -2.51. The largest absolute Gasteiger partial charge is 0.494 e. The minimum absolute atomic E-state index is 0.0438. The normalized spacial score (nSPS) is 12.7. The molecule has 134 valence electrons. The zero-order chi connectivity index (χ0) is 18.2. The molecule has 4 N–H and O–H groups in total. The summed E-state index contributed by atoms with van der Waals surface area (Å²) in [5, 5.41) is 4.88. The lowest BCUT2D eigenvalue weighted by atomic mass is 10.2. The van der Waals surface area contributed by atoms with Gasteiger partial charge in [0.15, 0.2) is 0 Å². The highest BCUT2D eigenvalue weighted by molar-refractivity contribution is 6.35. The maximum atomic E-state index is 11.9. The van der Waals surface area contributed by atoms with Crippen LogP contribution in [0.1, 0.15) is 30.1 Å². The van der Waals surface area contributed by atoms with E-state index in [1.165, 1.54) is 0 Å². The monoisotopic (exact) mass is 348 g/mol. The van der Waals surface area contributed by atoms with Gasteiger partial charge in [-0.15, -0.1) is 0 Å². The first-order valence-corrected chi connectivity index (χ1v) is 7.90. The van der Waals surface area contributed by atoms with E-state index in [-0.39, 0.29) is 12.6 Å². The zero-order valence-corrected chi connectivity index (χ0v) is 13.8. The highest BCUT2D eigenvalue weighted by Crippen LogP contribution is 2.18. The van der Waals surface area contributed by atoms with Crippen LogP contribution in [0.3, 0.4) is 0 Å². The Morgan fingerprint density at radius 2 is 1.72 bits per heavy atom. The lowest BCUT2D eigenvalue weighted by molar-refractivity contribution is -0.140. The first-order chi connectivity index (χ1) is 12.0. The van der Waals surface area contributed by atoms with E-state index in [0.29, 0.717) is 17.9 Å². The van der Waals surface area contributed by atoms with Crippen molar-refractivity contribution in [3.05, 3.63) is 29.8 Å². The van der Waals surface area contributed by atoms with Crippen LogP contribution in [0, 0.1) is 0 Å². The van der Waals surface area contributed by atoms with Crippen LogP contribution >= 0.6 is 0 Å². The number of carbonyl (C=O) groups is 4. The van der Waals surface area contributed by atoms with Gasteiger partial charge in [-0.1, -0.05) is 0 Å². The fourth-order valence-electron chi connectivity index (χ4n) is 1.84. The molecule has 0 heterocycles. The number of hydrogen-bond acceptors (Lipinski definition) is 5. The molecule has 0 radical (unpaired) electrons. The molecule has 0 aromatic heterocycles. The number of amides is 4. The molecular weight excluding hydrogens is 328 g/mol. The highest BCUT2D eigenvalue weighted by atomic mass is 16.5. The summed E-state index contributed by atoms with van der Waals surface area (Å²) in [4.78, 5) is 46.3. The fraction of sp³-hybridized carbons (Fsp3) is 0.375. The van der Waals surface area contributed by atoms with Crippen molar-refractivity contribution in [3.8, 4) is 5.75 Å². The Hall–Kier alpha value is -3.10. The Bertz CT molecular complexity index is 655. The Balaban J connectivity index is 1.68. The Morgan fingerprint density at radius 1 is 1.04 bits per heavy atom. The Labute approximate surface area is 144 Å². The molecule has 0 saturated heterocycles. The molecule has 0 unspecified atom stereocenters. The van der Waals surface area contributed by atoms with Gasteiger partial charge in [-0.2, -0.15) is 0 Å². The molecule has 0 spiro atoms. The van der Waals surface area contributed by atoms with E-state index >= 15 is 0 Å². The molecule has 9 heteroatoms. The van der Waals surface area contributed by atoms with Crippen LogP contribution in [0.15, 0.2) is 24.3 Å². The summed E-state index contributed by atoms with van der Waals surface area (Å²) in [5.41, 5.74) is 4.40. The quantitative estimate of drug-likeness (QED) is 0.397. The van der Waals surface area contributed by atoms with Crippen molar-refractivity contribution in [1.29, 1.82) is 0 Å². The standard InChI is InChI=1S/C16H20N4O5/c1-2-25-12-7-3-10(4-8-12)14(22)17-9-13(21)19-20-16(24)15(23)18-11-5-6-11/h3-4,7-8,11H,2,5-6,9H2,1H3,(H,17,22)(H,18,23)(H,19,21)(H,20,24). The molecule has 1 aromatic rings. The third-order valence-electron chi connectivity index (χ3n) is 3.27. The summed E-state index contributed by atoms with van der Waals surface area (Å²) in [6.45, 7) is 2.03. The van der Waals surface area contributed by atoms with Gasteiger partial charge in [0.1, 0.15) is 5.75 Å². The number of benzene rings is 1. The molecule has 1 saturated carbocycles. The molecule has 2 rings (SSSR count). The minimum Gasteiger partial charge on any atom is -0.494 e. The van der Waals surface area contributed by atoms with Gasteiger partial charge >= 0.3 is 11.8 Å². The van der Waals surface area contributed by atoms with Gasteiger partial charge in [-0.25, -0.2) is 0 Å². The van der Waals surface area contributed by atoms with E-state index in [4.69, 9.17) is 4.74 Å². The summed E-state index contributed by atoms with van der Waals surface area (Å²) in [5.74, 6) is -2.23.